The molecule has 0 spiro atoms. The van der Waals surface area contributed by atoms with Gasteiger partial charge in [-0.2, -0.15) is 13.2 Å². The Morgan fingerprint density at radius 1 is 1.31 bits per heavy atom. The van der Waals surface area contributed by atoms with Crippen LogP contribution in [0.2, 0.25) is 0 Å². The third-order valence-corrected chi connectivity index (χ3v) is 1.97. The van der Waals surface area contributed by atoms with Gasteiger partial charge in [0.1, 0.15) is 0 Å². The number of alkyl halides is 3. The first-order valence-electron chi connectivity index (χ1n) is 4.47. The predicted octanol–water partition coefficient (Wildman–Crippen LogP) is 3.46. The summed E-state index contributed by atoms with van der Waals surface area (Å²) < 4.78 is 36.3. The highest BCUT2D eigenvalue weighted by Crippen LogP contribution is 2.22. The maximum atomic E-state index is 12.1. The summed E-state index contributed by atoms with van der Waals surface area (Å²) in [7, 11) is 0. The van der Waals surface area contributed by atoms with E-state index in [0.29, 0.717) is 0 Å². The highest BCUT2D eigenvalue weighted by atomic mass is 19.4. The van der Waals surface area contributed by atoms with Crippen LogP contribution >= 0.6 is 0 Å². The number of oxime groups is 1. The van der Waals surface area contributed by atoms with Gasteiger partial charge in [-0.05, 0) is 11.1 Å². The summed E-state index contributed by atoms with van der Waals surface area (Å²) in [6.07, 6.45) is -4.07. The molecule has 5 heteroatoms. The van der Waals surface area contributed by atoms with Crippen molar-refractivity contribution < 1.29 is 18.4 Å². The number of hydrogen-bond acceptors (Lipinski definition) is 2. The van der Waals surface area contributed by atoms with Gasteiger partial charge in [-0.1, -0.05) is 42.1 Å². The quantitative estimate of drug-likeness (QED) is 0.480. The molecule has 0 aliphatic heterocycles. The standard InChI is InChI=1S/C11H10F3NO/c1-2-8-3-5-9(6-4-8)10(15-16)7-11(12,13)14/h2-6,16H,1,7H2. The van der Waals surface area contributed by atoms with Crippen molar-refractivity contribution in [1.82, 2.24) is 0 Å². The molecule has 16 heavy (non-hydrogen) atoms. The molecule has 0 atom stereocenters. The molecule has 0 heterocycles. The van der Waals surface area contributed by atoms with Crippen molar-refractivity contribution in [3.63, 3.8) is 0 Å². The van der Waals surface area contributed by atoms with Crippen molar-refractivity contribution in [3.05, 3.63) is 42.0 Å². The van der Waals surface area contributed by atoms with Gasteiger partial charge in [0.05, 0.1) is 12.1 Å². The minimum Gasteiger partial charge on any atom is -0.411 e. The fourth-order valence-corrected chi connectivity index (χ4v) is 1.20. The Kier molecular flexibility index (Phi) is 3.71. The molecule has 0 aliphatic rings. The summed E-state index contributed by atoms with van der Waals surface area (Å²) in [5, 5.41) is 11.2. The second kappa shape index (κ2) is 4.83. The van der Waals surface area contributed by atoms with Crippen LogP contribution in [0.3, 0.4) is 0 Å². The van der Waals surface area contributed by atoms with Crippen molar-refractivity contribution in [3.8, 4) is 0 Å². The van der Waals surface area contributed by atoms with Crippen LogP contribution < -0.4 is 0 Å². The normalized spacial score (nSPS) is 12.6. The average molecular weight is 229 g/mol. The van der Waals surface area contributed by atoms with Gasteiger partial charge in [-0.15, -0.1) is 0 Å². The van der Waals surface area contributed by atoms with Gasteiger partial charge in [0, 0.05) is 0 Å². The van der Waals surface area contributed by atoms with Crippen molar-refractivity contribution in [1.29, 1.82) is 0 Å². The minimum atomic E-state index is -4.39. The lowest BCUT2D eigenvalue weighted by molar-refractivity contribution is -0.121. The fourth-order valence-electron chi connectivity index (χ4n) is 1.20. The average Bonchev–Trinajstić information content (AvgIpc) is 2.25. The zero-order valence-electron chi connectivity index (χ0n) is 8.33. The number of rotatable bonds is 3. The van der Waals surface area contributed by atoms with Gasteiger partial charge < -0.3 is 5.21 Å². The summed E-state index contributed by atoms with van der Waals surface area (Å²) in [5.41, 5.74) is 0.626. The van der Waals surface area contributed by atoms with E-state index < -0.39 is 18.3 Å². The van der Waals surface area contributed by atoms with Crippen molar-refractivity contribution in [2.24, 2.45) is 5.16 Å². The van der Waals surface area contributed by atoms with Crippen LogP contribution in [-0.2, 0) is 0 Å². The molecule has 1 aromatic rings. The van der Waals surface area contributed by atoms with Crippen molar-refractivity contribution in [2.45, 2.75) is 12.6 Å². The zero-order chi connectivity index (χ0) is 12.2. The summed E-state index contributed by atoms with van der Waals surface area (Å²) in [6, 6.07) is 6.11. The van der Waals surface area contributed by atoms with E-state index in [1.165, 1.54) is 12.1 Å². The highest BCUT2D eigenvalue weighted by molar-refractivity contribution is 6.00. The van der Waals surface area contributed by atoms with E-state index in [0.717, 1.165) is 5.56 Å². The van der Waals surface area contributed by atoms with E-state index in [1.807, 2.05) is 0 Å². The largest absolute Gasteiger partial charge is 0.411 e. The second-order valence-electron chi connectivity index (χ2n) is 3.16. The molecular formula is C11H10F3NO. The summed E-state index contributed by atoms with van der Waals surface area (Å²) in [5.74, 6) is 0. The third kappa shape index (κ3) is 3.42. The SMILES string of the molecule is C=Cc1ccc(C(CC(F)(F)F)=NO)cc1. The van der Waals surface area contributed by atoms with E-state index >= 15 is 0 Å². The van der Waals surface area contributed by atoms with Gasteiger partial charge in [-0.25, -0.2) is 0 Å². The summed E-state index contributed by atoms with van der Waals surface area (Å²) >= 11 is 0. The van der Waals surface area contributed by atoms with Crippen LogP contribution in [0.1, 0.15) is 17.5 Å². The molecule has 1 aromatic carbocycles. The second-order valence-corrected chi connectivity index (χ2v) is 3.16. The minimum absolute atomic E-state index is 0.241. The van der Waals surface area contributed by atoms with Crippen LogP contribution in [0.25, 0.3) is 6.08 Å². The van der Waals surface area contributed by atoms with Crippen LogP contribution in [0.5, 0.6) is 0 Å². The molecular weight excluding hydrogens is 219 g/mol. The van der Waals surface area contributed by atoms with E-state index in [4.69, 9.17) is 5.21 Å². The fraction of sp³-hybridized carbons (Fsp3) is 0.182. The van der Waals surface area contributed by atoms with Gasteiger partial charge in [0.15, 0.2) is 0 Å². The maximum absolute atomic E-state index is 12.1. The van der Waals surface area contributed by atoms with Crippen LogP contribution in [0.4, 0.5) is 13.2 Å². The first kappa shape index (κ1) is 12.3. The first-order valence-corrected chi connectivity index (χ1v) is 4.47. The molecule has 0 aliphatic carbocycles. The molecule has 2 nitrogen and oxygen atoms in total. The number of nitrogens with zero attached hydrogens (tertiary/aromatic N) is 1. The number of benzene rings is 1. The Morgan fingerprint density at radius 2 is 1.88 bits per heavy atom. The number of halogens is 3. The monoisotopic (exact) mass is 229 g/mol. The zero-order valence-corrected chi connectivity index (χ0v) is 8.33. The van der Waals surface area contributed by atoms with Crippen LogP contribution in [0.15, 0.2) is 36.0 Å². The van der Waals surface area contributed by atoms with Crippen molar-refractivity contribution >= 4 is 11.8 Å². The summed E-state index contributed by atoms with van der Waals surface area (Å²) in [6.45, 7) is 3.53. The molecule has 0 saturated carbocycles. The van der Waals surface area contributed by atoms with Gasteiger partial charge >= 0.3 is 6.18 Å². The van der Waals surface area contributed by atoms with Gasteiger partial charge in [-0.3, -0.25) is 0 Å². The molecule has 0 amide bonds. The van der Waals surface area contributed by atoms with Crippen molar-refractivity contribution in [2.75, 3.05) is 0 Å². The lowest BCUT2D eigenvalue weighted by atomic mass is 10.1. The van der Waals surface area contributed by atoms with Gasteiger partial charge in [0.2, 0.25) is 0 Å². The van der Waals surface area contributed by atoms with Crippen LogP contribution in [0, 0.1) is 0 Å². The Morgan fingerprint density at radius 3 is 2.25 bits per heavy atom. The van der Waals surface area contributed by atoms with Gasteiger partial charge in [0.25, 0.3) is 0 Å². The Balaban J connectivity index is 2.92. The smallest absolute Gasteiger partial charge is 0.394 e. The third-order valence-electron chi connectivity index (χ3n) is 1.97. The highest BCUT2D eigenvalue weighted by Gasteiger charge is 2.30. The predicted molar refractivity (Wildman–Crippen MR) is 55.5 cm³/mol. The van der Waals surface area contributed by atoms with E-state index in [1.54, 1.807) is 18.2 Å². The molecule has 0 radical (unpaired) electrons. The molecule has 1 N–H and O–H groups in total. The van der Waals surface area contributed by atoms with E-state index in [9.17, 15) is 13.2 Å². The van der Waals surface area contributed by atoms with E-state index in [-0.39, 0.29) is 5.56 Å². The number of hydrogen-bond donors (Lipinski definition) is 1. The Bertz CT molecular complexity index is 393. The molecule has 0 fully saturated rings. The summed E-state index contributed by atoms with van der Waals surface area (Å²) in [4.78, 5) is 0. The van der Waals surface area contributed by atoms with Crippen LogP contribution in [-0.4, -0.2) is 17.1 Å². The topological polar surface area (TPSA) is 32.6 Å². The molecule has 0 unspecified atom stereocenters. The Hall–Kier alpha value is -1.78. The molecule has 0 aromatic heterocycles. The Labute approximate surface area is 90.7 Å². The lowest BCUT2D eigenvalue weighted by Gasteiger charge is -2.08. The lowest BCUT2D eigenvalue weighted by Crippen LogP contribution is -2.15. The molecule has 86 valence electrons. The molecule has 1 rings (SSSR count). The van der Waals surface area contributed by atoms with E-state index in [2.05, 4.69) is 11.7 Å². The molecule has 0 bridgehead atoms. The first-order chi connectivity index (χ1) is 7.46. The molecule has 0 saturated heterocycles. The maximum Gasteiger partial charge on any atom is 0.394 e.